The number of rotatable bonds is 9. The monoisotopic (exact) mass is 621 g/mol. The van der Waals surface area contributed by atoms with E-state index in [9.17, 15) is 14.4 Å². The number of halogens is 1. The van der Waals surface area contributed by atoms with Crippen LogP contribution in [0.15, 0.2) is 48.7 Å². The van der Waals surface area contributed by atoms with E-state index in [0.717, 1.165) is 25.6 Å². The SMILES string of the molecule is COC(=O)[C@H](Cc1ccc(OC)c(I)c1)NC(=O)[C@H](Cc1c[nH]c2ccccc12)NC(=O)OC(C)(C)C. The lowest BCUT2D eigenvalue weighted by Crippen LogP contribution is -2.53. The standard InChI is InChI=1S/C27H32IN3O6/c1-27(2,3)37-26(34)31-21(14-17-15-29-20-9-7-6-8-18(17)20)24(32)30-22(25(33)36-5)13-16-10-11-23(35-4)19(28)12-16/h6-12,15,21-22,29H,13-14H2,1-5H3,(H,30,32)(H,31,34)/t21-,22-/m0/s1. The Balaban J connectivity index is 1.84. The summed E-state index contributed by atoms with van der Waals surface area (Å²) in [5, 5.41) is 6.37. The number of benzene rings is 2. The molecule has 9 nitrogen and oxygen atoms in total. The molecular formula is C27H32IN3O6. The van der Waals surface area contributed by atoms with Crippen molar-refractivity contribution in [2.75, 3.05) is 14.2 Å². The molecule has 1 aromatic heterocycles. The number of esters is 1. The van der Waals surface area contributed by atoms with Crippen LogP contribution in [0.4, 0.5) is 4.79 Å². The molecule has 2 aromatic carbocycles. The highest BCUT2D eigenvalue weighted by atomic mass is 127. The van der Waals surface area contributed by atoms with E-state index < -0.39 is 35.7 Å². The van der Waals surface area contributed by atoms with Crippen LogP contribution in [0, 0.1) is 3.57 Å². The summed E-state index contributed by atoms with van der Waals surface area (Å²) in [4.78, 5) is 41.9. The number of ether oxygens (including phenoxy) is 3. The number of amides is 2. The van der Waals surface area contributed by atoms with Crippen molar-refractivity contribution in [2.45, 2.75) is 51.3 Å². The van der Waals surface area contributed by atoms with Crippen LogP contribution in [0.5, 0.6) is 5.75 Å². The van der Waals surface area contributed by atoms with Crippen molar-refractivity contribution in [1.29, 1.82) is 0 Å². The number of hydrogen-bond donors (Lipinski definition) is 3. The van der Waals surface area contributed by atoms with Crippen LogP contribution in [-0.4, -0.2) is 54.9 Å². The molecule has 3 aromatic rings. The van der Waals surface area contributed by atoms with E-state index in [0.29, 0.717) is 5.75 Å². The van der Waals surface area contributed by atoms with Gasteiger partial charge in [-0.2, -0.15) is 0 Å². The van der Waals surface area contributed by atoms with Crippen molar-refractivity contribution >= 4 is 51.5 Å². The molecular weight excluding hydrogens is 589 g/mol. The molecule has 0 saturated carbocycles. The average Bonchev–Trinajstić information content (AvgIpc) is 3.24. The van der Waals surface area contributed by atoms with Crippen LogP contribution in [0.25, 0.3) is 10.9 Å². The predicted octanol–water partition coefficient (Wildman–Crippen LogP) is 4.12. The molecule has 0 aliphatic rings. The van der Waals surface area contributed by atoms with Crippen LogP contribution in [0.3, 0.4) is 0 Å². The molecule has 0 aliphatic carbocycles. The number of aromatic amines is 1. The minimum absolute atomic E-state index is 0.184. The van der Waals surface area contributed by atoms with Gasteiger partial charge in [0.25, 0.3) is 0 Å². The number of methoxy groups -OCH3 is 2. The maximum atomic E-state index is 13.5. The Morgan fingerprint density at radius 3 is 2.38 bits per heavy atom. The summed E-state index contributed by atoms with van der Waals surface area (Å²) in [5.74, 6) is -0.416. The van der Waals surface area contributed by atoms with E-state index >= 15 is 0 Å². The molecule has 0 aliphatic heterocycles. The molecule has 0 unspecified atom stereocenters. The summed E-state index contributed by atoms with van der Waals surface area (Å²) in [6.45, 7) is 5.22. The largest absolute Gasteiger partial charge is 0.496 e. The van der Waals surface area contributed by atoms with Gasteiger partial charge in [0.15, 0.2) is 0 Å². The minimum atomic E-state index is -1.00. The van der Waals surface area contributed by atoms with Crippen LogP contribution >= 0.6 is 22.6 Å². The Morgan fingerprint density at radius 1 is 1.00 bits per heavy atom. The molecule has 0 radical (unpaired) electrons. The number of H-pyrrole nitrogens is 1. The molecule has 3 N–H and O–H groups in total. The molecule has 2 amide bonds. The van der Waals surface area contributed by atoms with Crippen molar-refractivity contribution in [1.82, 2.24) is 15.6 Å². The number of para-hydroxylation sites is 1. The third-order valence-electron chi connectivity index (χ3n) is 5.56. The average molecular weight is 621 g/mol. The first-order chi connectivity index (χ1) is 17.5. The number of alkyl carbamates (subject to hydrolysis) is 1. The molecule has 0 spiro atoms. The summed E-state index contributed by atoms with van der Waals surface area (Å²) in [5.41, 5.74) is 1.82. The van der Waals surface area contributed by atoms with Crippen molar-refractivity contribution in [2.24, 2.45) is 0 Å². The molecule has 37 heavy (non-hydrogen) atoms. The van der Waals surface area contributed by atoms with Crippen LogP contribution in [0.1, 0.15) is 31.9 Å². The van der Waals surface area contributed by atoms with Crippen LogP contribution < -0.4 is 15.4 Å². The Morgan fingerprint density at radius 2 is 1.73 bits per heavy atom. The van der Waals surface area contributed by atoms with Gasteiger partial charge in [-0.25, -0.2) is 9.59 Å². The van der Waals surface area contributed by atoms with E-state index in [1.165, 1.54) is 7.11 Å². The smallest absolute Gasteiger partial charge is 0.408 e. The quantitative estimate of drug-likeness (QED) is 0.245. The number of hydrogen-bond acceptors (Lipinski definition) is 6. The molecule has 0 saturated heterocycles. The molecule has 10 heteroatoms. The Hall–Kier alpha value is -3.28. The highest BCUT2D eigenvalue weighted by molar-refractivity contribution is 14.1. The van der Waals surface area contributed by atoms with Gasteiger partial charge >= 0.3 is 12.1 Å². The van der Waals surface area contributed by atoms with Gasteiger partial charge < -0.3 is 29.8 Å². The van der Waals surface area contributed by atoms with Gasteiger partial charge in [-0.05, 0) is 72.7 Å². The summed E-state index contributed by atoms with van der Waals surface area (Å²) in [6, 6.07) is 11.2. The third-order valence-corrected chi connectivity index (χ3v) is 6.41. The minimum Gasteiger partial charge on any atom is -0.496 e. The zero-order valence-electron chi connectivity index (χ0n) is 21.5. The van der Waals surface area contributed by atoms with Crippen LogP contribution in [-0.2, 0) is 31.9 Å². The van der Waals surface area contributed by atoms with Gasteiger partial charge in [-0.3, -0.25) is 4.79 Å². The number of carbonyl (C=O) groups excluding carboxylic acids is 3. The fourth-order valence-electron chi connectivity index (χ4n) is 3.86. The van der Waals surface area contributed by atoms with Gasteiger partial charge in [0.05, 0.1) is 17.8 Å². The zero-order valence-corrected chi connectivity index (χ0v) is 23.7. The highest BCUT2D eigenvalue weighted by Gasteiger charge is 2.30. The van der Waals surface area contributed by atoms with Gasteiger partial charge in [-0.1, -0.05) is 24.3 Å². The number of carbonyl (C=O) groups is 3. The molecule has 0 bridgehead atoms. The lowest BCUT2D eigenvalue weighted by atomic mass is 10.0. The number of aromatic nitrogens is 1. The Labute approximate surface area is 229 Å². The summed E-state index contributed by atoms with van der Waals surface area (Å²) in [7, 11) is 2.85. The zero-order chi connectivity index (χ0) is 27.2. The summed E-state index contributed by atoms with van der Waals surface area (Å²) >= 11 is 2.14. The first kappa shape index (κ1) is 28.3. The van der Waals surface area contributed by atoms with Crippen LogP contribution in [0.2, 0.25) is 0 Å². The van der Waals surface area contributed by atoms with Crippen molar-refractivity contribution in [3.05, 3.63) is 63.4 Å². The van der Waals surface area contributed by atoms with E-state index in [-0.39, 0.29) is 12.8 Å². The maximum absolute atomic E-state index is 13.5. The fraction of sp³-hybridized carbons (Fsp3) is 0.370. The number of fused-ring (bicyclic) bond motifs is 1. The summed E-state index contributed by atoms with van der Waals surface area (Å²) in [6.07, 6.45) is 1.46. The predicted molar refractivity (Wildman–Crippen MR) is 149 cm³/mol. The Kier molecular flexibility index (Phi) is 9.41. The van der Waals surface area contributed by atoms with Gasteiger partial charge in [0, 0.05) is 29.9 Å². The first-order valence-electron chi connectivity index (χ1n) is 11.8. The lowest BCUT2D eigenvalue weighted by Gasteiger charge is -2.25. The second-order valence-corrected chi connectivity index (χ2v) is 10.7. The molecule has 1 heterocycles. The summed E-state index contributed by atoms with van der Waals surface area (Å²) < 4.78 is 16.5. The first-order valence-corrected chi connectivity index (χ1v) is 12.8. The molecule has 3 rings (SSSR count). The molecule has 0 fully saturated rings. The van der Waals surface area contributed by atoms with E-state index in [1.807, 2.05) is 36.4 Å². The maximum Gasteiger partial charge on any atom is 0.408 e. The number of nitrogens with one attached hydrogen (secondary N) is 3. The van der Waals surface area contributed by atoms with E-state index in [2.05, 4.69) is 38.2 Å². The Bertz CT molecular complexity index is 1270. The van der Waals surface area contributed by atoms with Crippen molar-refractivity contribution < 1.29 is 28.6 Å². The topological polar surface area (TPSA) is 119 Å². The highest BCUT2D eigenvalue weighted by Crippen LogP contribution is 2.23. The normalized spacial score (nSPS) is 12.9. The fourth-order valence-corrected chi connectivity index (χ4v) is 4.66. The second kappa shape index (κ2) is 12.3. The van der Waals surface area contributed by atoms with Crippen molar-refractivity contribution in [3.8, 4) is 5.75 Å². The molecule has 2 atom stereocenters. The van der Waals surface area contributed by atoms with E-state index in [1.54, 1.807) is 40.1 Å². The molecule has 198 valence electrons. The van der Waals surface area contributed by atoms with Gasteiger partial charge in [0.1, 0.15) is 23.4 Å². The van der Waals surface area contributed by atoms with Gasteiger partial charge in [0.2, 0.25) is 5.91 Å². The van der Waals surface area contributed by atoms with Crippen molar-refractivity contribution in [3.63, 3.8) is 0 Å². The van der Waals surface area contributed by atoms with E-state index in [4.69, 9.17) is 14.2 Å². The van der Waals surface area contributed by atoms with Gasteiger partial charge in [-0.15, -0.1) is 0 Å². The third kappa shape index (κ3) is 7.85. The lowest BCUT2D eigenvalue weighted by molar-refractivity contribution is -0.145. The second-order valence-electron chi connectivity index (χ2n) is 9.52.